The van der Waals surface area contributed by atoms with E-state index in [1.165, 1.54) is 0 Å². The Kier molecular flexibility index (Phi) is 5.38. The van der Waals surface area contributed by atoms with Crippen LogP contribution in [0.4, 0.5) is 11.4 Å². The smallest absolute Gasteiger partial charge is 0.272 e. The number of amides is 2. The third kappa shape index (κ3) is 4.26. The first-order chi connectivity index (χ1) is 13.6. The van der Waals surface area contributed by atoms with Crippen molar-refractivity contribution in [2.24, 2.45) is 5.41 Å². The third-order valence-corrected chi connectivity index (χ3v) is 4.91. The molecule has 2 amide bonds. The van der Waals surface area contributed by atoms with Crippen LogP contribution < -0.4 is 15.4 Å². The van der Waals surface area contributed by atoms with Crippen molar-refractivity contribution in [3.63, 3.8) is 0 Å². The number of nitrogens with one attached hydrogen (secondary N) is 3. The van der Waals surface area contributed by atoms with Crippen molar-refractivity contribution in [2.45, 2.75) is 34.6 Å². The molecule has 0 saturated carbocycles. The average Bonchev–Trinajstić information content (AvgIpc) is 2.99. The Morgan fingerprint density at radius 1 is 1.00 bits per heavy atom. The predicted octanol–water partition coefficient (Wildman–Crippen LogP) is 5.03. The van der Waals surface area contributed by atoms with E-state index in [0.29, 0.717) is 11.4 Å². The maximum Gasteiger partial charge on any atom is 0.272 e. The number of rotatable bonds is 4. The zero-order chi connectivity index (χ0) is 21.3. The number of methoxy groups -OCH3 is 1. The molecule has 3 aromatic rings. The van der Waals surface area contributed by atoms with Crippen LogP contribution in [0.2, 0.25) is 0 Å². The Labute approximate surface area is 170 Å². The number of ether oxygens (including phenoxy) is 1. The van der Waals surface area contributed by atoms with Gasteiger partial charge in [0.1, 0.15) is 11.4 Å². The van der Waals surface area contributed by atoms with Crippen molar-refractivity contribution >= 4 is 34.1 Å². The minimum Gasteiger partial charge on any atom is -0.497 e. The summed E-state index contributed by atoms with van der Waals surface area (Å²) in [6.45, 7) is 9.40. The number of H-pyrrole nitrogens is 1. The molecule has 0 unspecified atom stereocenters. The minimum atomic E-state index is -0.477. The number of benzene rings is 2. The molecule has 0 aliphatic rings. The summed E-state index contributed by atoms with van der Waals surface area (Å²) in [5.41, 5.74) is 4.05. The maximum atomic E-state index is 12.8. The van der Waals surface area contributed by atoms with Gasteiger partial charge in [0.2, 0.25) is 5.91 Å². The van der Waals surface area contributed by atoms with Crippen LogP contribution in [0.5, 0.6) is 5.75 Å². The van der Waals surface area contributed by atoms with Gasteiger partial charge in [-0.25, -0.2) is 0 Å². The number of aryl methyl sites for hydroxylation is 2. The molecule has 0 atom stereocenters. The van der Waals surface area contributed by atoms with E-state index in [-0.39, 0.29) is 11.8 Å². The summed E-state index contributed by atoms with van der Waals surface area (Å²) in [7, 11) is 1.62. The van der Waals surface area contributed by atoms with E-state index in [2.05, 4.69) is 15.6 Å². The van der Waals surface area contributed by atoms with Gasteiger partial charge in [-0.15, -0.1) is 0 Å². The summed E-state index contributed by atoms with van der Waals surface area (Å²) in [5.74, 6) is 0.472. The van der Waals surface area contributed by atoms with E-state index < -0.39 is 5.41 Å². The molecular weight excluding hydrogens is 366 g/mol. The summed E-state index contributed by atoms with van der Waals surface area (Å²) >= 11 is 0. The fraction of sp³-hybridized carbons (Fsp3) is 0.304. The quantitative estimate of drug-likeness (QED) is 0.581. The van der Waals surface area contributed by atoms with Crippen LogP contribution >= 0.6 is 0 Å². The number of aromatic nitrogens is 1. The second kappa shape index (κ2) is 7.62. The minimum absolute atomic E-state index is 0.0542. The molecule has 0 fully saturated rings. The van der Waals surface area contributed by atoms with Crippen LogP contribution in [-0.2, 0) is 4.79 Å². The van der Waals surface area contributed by atoms with E-state index in [0.717, 1.165) is 33.5 Å². The third-order valence-electron chi connectivity index (χ3n) is 4.91. The van der Waals surface area contributed by atoms with Crippen molar-refractivity contribution < 1.29 is 14.3 Å². The SMILES string of the molecule is COc1ccc2[nH]c(C(=O)Nc3ccc(NC(=O)C(C)(C)C)c(C)c3)c(C)c2c1. The molecule has 0 radical (unpaired) electrons. The Hall–Kier alpha value is -3.28. The molecule has 6 nitrogen and oxygen atoms in total. The van der Waals surface area contributed by atoms with Gasteiger partial charge in [0.05, 0.1) is 7.11 Å². The predicted molar refractivity (Wildman–Crippen MR) is 117 cm³/mol. The van der Waals surface area contributed by atoms with Crippen molar-refractivity contribution in [2.75, 3.05) is 17.7 Å². The Balaban J connectivity index is 1.81. The molecule has 0 spiro atoms. The standard InChI is InChI=1S/C23H27N3O3/c1-13-11-15(7-9-18(13)26-22(28)23(3,4)5)24-21(27)20-14(2)17-12-16(29-6)8-10-19(17)25-20/h7-12,25H,1-6H3,(H,24,27)(H,26,28). The van der Waals surface area contributed by atoms with E-state index in [1.807, 2.05) is 58.9 Å². The molecular formula is C23H27N3O3. The van der Waals surface area contributed by atoms with E-state index in [9.17, 15) is 9.59 Å². The molecule has 6 heteroatoms. The molecule has 0 bridgehead atoms. The Bertz CT molecular complexity index is 1090. The molecule has 29 heavy (non-hydrogen) atoms. The molecule has 0 saturated heterocycles. The molecule has 152 valence electrons. The fourth-order valence-corrected chi connectivity index (χ4v) is 3.04. The van der Waals surface area contributed by atoms with Crippen LogP contribution in [-0.4, -0.2) is 23.9 Å². The number of carbonyl (C=O) groups is 2. The number of hydrogen-bond acceptors (Lipinski definition) is 3. The highest BCUT2D eigenvalue weighted by atomic mass is 16.5. The highest BCUT2D eigenvalue weighted by molar-refractivity contribution is 6.08. The summed E-state index contributed by atoms with van der Waals surface area (Å²) in [4.78, 5) is 28.2. The largest absolute Gasteiger partial charge is 0.497 e. The normalized spacial score (nSPS) is 11.4. The molecule has 0 aliphatic heterocycles. The lowest BCUT2D eigenvalue weighted by Crippen LogP contribution is -2.27. The highest BCUT2D eigenvalue weighted by Gasteiger charge is 2.22. The van der Waals surface area contributed by atoms with E-state index in [4.69, 9.17) is 4.74 Å². The van der Waals surface area contributed by atoms with Gasteiger partial charge in [-0.05, 0) is 61.4 Å². The first-order valence-corrected chi connectivity index (χ1v) is 9.50. The van der Waals surface area contributed by atoms with Crippen LogP contribution in [0, 0.1) is 19.3 Å². The summed E-state index contributed by atoms with van der Waals surface area (Å²) in [6.07, 6.45) is 0. The van der Waals surface area contributed by atoms with Gasteiger partial charge in [0.25, 0.3) is 5.91 Å². The summed E-state index contributed by atoms with van der Waals surface area (Å²) in [6, 6.07) is 11.1. The molecule has 1 aromatic heterocycles. The zero-order valence-corrected chi connectivity index (χ0v) is 17.7. The lowest BCUT2D eigenvalue weighted by Gasteiger charge is -2.19. The van der Waals surface area contributed by atoms with Gasteiger partial charge in [-0.1, -0.05) is 20.8 Å². The molecule has 0 aliphatic carbocycles. The highest BCUT2D eigenvalue weighted by Crippen LogP contribution is 2.27. The van der Waals surface area contributed by atoms with Gasteiger partial charge in [0.15, 0.2) is 0 Å². The number of anilines is 2. The average molecular weight is 393 g/mol. The van der Waals surface area contributed by atoms with Gasteiger partial charge in [-0.3, -0.25) is 9.59 Å². The number of hydrogen-bond donors (Lipinski definition) is 3. The monoisotopic (exact) mass is 393 g/mol. The van der Waals surface area contributed by atoms with Gasteiger partial charge >= 0.3 is 0 Å². The fourth-order valence-electron chi connectivity index (χ4n) is 3.04. The van der Waals surface area contributed by atoms with Gasteiger partial charge < -0.3 is 20.4 Å². The first kappa shape index (κ1) is 20.5. The van der Waals surface area contributed by atoms with Crippen LogP contribution in [0.3, 0.4) is 0 Å². The first-order valence-electron chi connectivity index (χ1n) is 9.50. The van der Waals surface area contributed by atoms with Gasteiger partial charge in [-0.2, -0.15) is 0 Å². The van der Waals surface area contributed by atoms with Crippen molar-refractivity contribution in [1.29, 1.82) is 0 Å². The number of aromatic amines is 1. The second-order valence-corrected chi connectivity index (χ2v) is 8.22. The van der Waals surface area contributed by atoms with E-state index >= 15 is 0 Å². The second-order valence-electron chi connectivity index (χ2n) is 8.22. The summed E-state index contributed by atoms with van der Waals surface area (Å²) in [5, 5.41) is 6.81. The van der Waals surface area contributed by atoms with Crippen LogP contribution in [0.25, 0.3) is 10.9 Å². The molecule has 3 N–H and O–H groups in total. The molecule has 2 aromatic carbocycles. The zero-order valence-electron chi connectivity index (χ0n) is 17.7. The van der Waals surface area contributed by atoms with E-state index in [1.54, 1.807) is 19.2 Å². The number of fused-ring (bicyclic) bond motifs is 1. The van der Waals surface area contributed by atoms with Crippen LogP contribution in [0.15, 0.2) is 36.4 Å². The van der Waals surface area contributed by atoms with Crippen molar-refractivity contribution in [3.05, 3.63) is 53.2 Å². The number of carbonyl (C=O) groups excluding carboxylic acids is 2. The van der Waals surface area contributed by atoms with Crippen LogP contribution in [0.1, 0.15) is 42.4 Å². The van der Waals surface area contributed by atoms with Crippen molar-refractivity contribution in [3.8, 4) is 5.75 Å². The topological polar surface area (TPSA) is 83.2 Å². The molecule has 1 heterocycles. The van der Waals surface area contributed by atoms with Gasteiger partial charge in [0, 0.05) is 27.7 Å². The van der Waals surface area contributed by atoms with Crippen molar-refractivity contribution in [1.82, 2.24) is 4.98 Å². The summed E-state index contributed by atoms with van der Waals surface area (Å²) < 4.78 is 5.27. The Morgan fingerprint density at radius 2 is 1.72 bits per heavy atom. The lowest BCUT2D eigenvalue weighted by molar-refractivity contribution is -0.123. The molecule has 3 rings (SSSR count). The maximum absolute atomic E-state index is 12.8. The Morgan fingerprint density at radius 3 is 2.34 bits per heavy atom. The lowest BCUT2D eigenvalue weighted by atomic mass is 9.95.